The molecule has 1 fully saturated rings. The van der Waals surface area contributed by atoms with Gasteiger partial charge in [0.25, 0.3) is 5.91 Å². The third kappa shape index (κ3) is 3.16. The SMILES string of the molecule is C[C@@H]1CCC[C@H](C)N1C(=O)c1cn(Cc2c(F)cccc2F)nn1. The number of halogens is 2. The second-order valence-electron chi connectivity index (χ2n) is 6.34. The molecule has 1 aromatic carbocycles. The first-order valence-corrected chi connectivity index (χ1v) is 8.13. The maximum absolute atomic E-state index is 13.7. The Bertz CT molecular complexity index is 716. The lowest BCUT2D eigenvalue weighted by Crippen LogP contribution is -2.47. The molecule has 5 nitrogen and oxygen atoms in total. The molecule has 0 saturated carbocycles. The summed E-state index contributed by atoms with van der Waals surface area (Å²) in [6.45, 7) is 3.93. The van der Waals surface area contributed by atoms with Crippen LogP contribution in [0.25, 0.3) is 0 Å². The topological polar surface area (TPSA) is 51.0 Å². The fourth-order valence-electron chi connectivity index (χ4n) is 3.27. The molecule has 1 aliphatic rings. The van der Waals surface area contributed by atoms with E-state index in [9.17, 15) is 13.6 Å². The number of hydrogen-bond donors (Lipinski definition) is 0. The van der Waals surface area contributed by atoms with Crippen LogP contribution >= 0.6 is 0 Å². The summed E-state index contributed by atoms with van der Waals surface area (Å²) in [6.07, 6.45) is 4.48. The monoisotopic (exact) mass is 334 g/mol. The van der Waals surface area contributed by atoms with Gasteiger partial charge < -0.3 is 4.90 Å². The van der Waals surface area contributed by atoms with Gasteiger partial charge in [-0.2, -0.15) is 0 Å². The van der Waals surface area contributed by atoms with Crippen molar-refractivity contribution in [3.05, 3.63) is 47.3 Å². The van der Waals surface area contributed by atoms with Crippen molar-refractivity contribution in [1.82, 2.24) is 19.9 Å². The van der Waals surface area contributed by atoms with Crippen LogP contribution in [0.1, 0.15) is 49.2 Å². The average molecular weight is 334 g/mol. The van der Waals surface area contributed by atoms with Gasteiger partial charge in [-0.05, 0) is 45.2 Å². The number of hydrogen-bond acceptors (Lipinski definition) is 3. The summed E-state index contributed by atoms with van der Waals surface area (Å²) < 4.78 is 28.7. The van der Waals surface area contributed by atoms with Crippen LogP contribution in [0.2, 0.25) is 0 Å². The van der Waals surface area contributed by atoms with Crippen LogP contribution in [0.4, 0.5) is 8.78 Å². The van der Waals surface area contributed by atoms with E-state index in [2.05, 4.69) is 10.3 Å². The molecule has 128 valence electrons. The van der Waals surface area contributed by atoms with E-state index < -0.39 is 11.6 Å². The highest BCUT2D eigenvalue weighted by molar-refractivity contribution is 5.92. The average Bonchev–Trinajstić information content (AvgIpc) is 2.99. The quantitative estimate of drug-likeness (QED) is 0.867. The number of benzene rings is 1. The minimum absolute atomic E-state index is 0.0962. The summed E-state index contributed by atoms with van der Waals surface area (Å²) in [7, 11) is 0. The highest BCUT2D eigenvalue weighted by Gasteiger charge is 2.31. The summed E-state index contributed by atoms with van der Waals surface area (Å²) in [5, 5.41) is 7.74. The van der Waals surface area contributed by atoms with Gasteiger partial charge >= 0.3 is 0 Å². The number of likely N-dealkylation sites (tertiary alicyclic amines) is 1. The second-order valence-corrected chi connectivity index (χ2v) is 6.34. The highest BCUT2D eigenvalue weighted by atomic mass is 19.1. The van der Waals surface area contributed by atoms with Crippen LogP contribution in [0.15, 0.2) is 24.4 Å². The number of piperidine rings is 1. The highest BCUT2D eigenvalue weighted by Crippen LogP contribution is 2.24. The van der Waals surface area contributed by atoms with E-state index in [0.717, 1.165) is 19.3 Å². The summed E-state index contributed by atoms with van der Waals surface area (Å²) in [5.74, 6) is -1.47. The molecule has 1 aromatic heterocycles. The van der Waals surface area contributed by atoms with E-state index in [1.807, 2.05) is 18.7 Å². The zero-order valence-corrected chi connectivity index (χ0v) is 13.7. The molecule has 2 aromatic rings. The predicted octanol–water partition coefficient (Wildman–Crippen LogP) is 3.01. The Balaban J connectivity index is 1.79. The van der Waals surface area contributed by atoms with Crippen LogP contribution in [-0.2, 0) is 6.54 Å². The Morgan fingerprint density at radius 3 is 2.46 bits per heavy atom. The molecule has 0 aliphatic carbocycles. The van der Waals surface area contributed by atoms with E-state index in [1.165, 1.54) is 29.1 Å². The van der Waals surface area contributed by atoms with E-state index >= 15 is 0 Å². The smallest absolute Gasteiger partial charge is 0.276 e. The molecule has 3 rings (SSSR count). The Kier molecular flexibility index (Phi) is 4.59. The first-order chi connectivity index (χ1) is 11.5. The van der Waals surface area contributed by atoms with Gasteiger partial charge in [-0.25, -0.2) is 13.5 Å². The normalized spacial score (nSPS) is 21.1. The first-order valence-electron chi connectivity index (χ1n) is 8.13. The van der Waals surface area contributed by atoms with Crippen molar-refractivity contribution in [2.45, 2.75) is 51.7 Å². The van der Waals surface area contributed by atoms with Gasteiger partial charge in [-0.15, -0.1) is 5.10 Å². The molecule has 0 spiro atoms. The molecule has 0 N–H and O–H groups in total. The van der Waals surface area contributed by atoms with Gasteiger partial charge in [0, 0.05) is 17.6 Å². The van der Waals surface area contributed by atoms with Crippen molar-refractivity contribution in [2.75, 3.05) is 0 Å². The van der Waals surface area contributed by atoms with Crippen molar-refractivity contribution in [2.24, 2.45) is 0 Å². The second kappa shape index (κ2) is 6.67. The lowest BCUT2D eigenvalue weighted by Gasteiger charge is -2.38. The molecule has 0 bridgehead atoms. The fraction of sp³-hybridized carbons (Fsp3) is 0.471. The number of carbonyl (C=O) groups excluding carboxylic acids is 1. The lowest BCUT2D eigenvalue weighted by molar-refractivity contribution is 0.0504. The van der Waals surface area contributed by atoms with Gasteiger partial charge in [0.1, 0.15) is 11.6 Å². The zero-order chi connectivity index (χ0) is 17.3. The number of carbonyl (C=O) groups is 1. The standard InChI is InChI=1S/C17H20F2N4O/c1-11-5-3-6-12(2)23(11)17(24)16-10-22(21-20-16)9-13-14(18)7-4-8-15(13)19/h4,7-8,10-12H,3,5-6,9H2,1-2H3/t11-,12+. The number of amides is 1. The number of rotatable bonds is 3. The molecule has 1 aliphatic heterocycles. The third-order valence-electron chi connectivity index (χ3n) is 4.57. The molecule has 0 unspecified atom stereocenters. The molecule has 1 saturated heterocycles. The first kappa shape index (κ1) is 16.5. The molecule has 1 amide bonds. The maximum Gasteiger partial charge on any atom is 0.276 e. The summed E-state index contributed by atoms with van der Waals surface area (Å²) >= 11 is 0. The van der Waals surface area contributed by atoms with Crippen molar-refractivity contribution in [3.63, 3.8) is 0 Å². The van der Waals surface area contributed by atoms with Crippen molar-refractivity contribution >= 4 is 5.91 Å². The van der Waals surface area contributed by atoms with E-state index in [4.69, 9.17) is 0 Å². The van der Waals surface area contributed by atoms with Crippen LogP contribution in [-0.4, -0.2) is 37.9 Å². The molecular formula is C17H20F2N4O. The van der Waals surface area contributed by atoms with Gasteiger partial charge in [0.15, 0.2) is 5.69 Å². The number of aromatic nitrogens is 3. The van der Waals surface area contributed by atoms with Gasteiger partial charge in [-0.3, -0.25) is 4.79 Å². The van der Waals surface area contributed by atoms with Gasteiger partial charge in [0.05, 0.1) is 12.7 Å². The van der Waals surface area contributed by atoms with E-state index in [0.29, 0.717) is 0 Å². The van der Waals surface area contributed by atoms with Crippen LogP contribution in [0, 0.1) is 11.6 Å². The third-order valence-corrected chi connectivity index (χ3v) is 4.57. The van der Waals surface area contributed by atoms with Crippen molar-refractivity contribution in [3.8, 4) is 0 Å². The van der Waals surface area contributed by atoms with Crippen LogP contribution in [0.5, 0.6) is 0 Å². The van der Waals surface area contributed by atoms with E-state index in [-0.39, 0.29) is 35.8 Å². The van der Waals surface area contributed by atoms with Crippen molar-refractivity contribution in [1.29, 1.82) is 0 Å². The predicted molar refractivity (Wildman–Crippen MR) is 84.4 cm³/mol. The summed E-state index contributed by atoms with van der Waals surface area (Å²) in [4.78, 5) is 14.5. The molecule has 7 heteroatoms. The van der Waals surface area contributed by atoms with Gasteiger partial charge in [-0.1, -0.05) is 11.3 Å². The fourth-order valence-corrected chi connectivity index (χ4v) is 3.27. The van der Waals surface area contributed by atoms with E-state index in [1.54, 1.807) is 0 Å². The van der Waals surface area contributed by atoms with Crippen LogP contribution < -0.4 is 0 Å². The largest absolute Gasteiger partial charge is 0.332 e. The van der Waals surface area contributed by atoms with Crippen molar-refractivity contribution < 1.29 is 13.6 Å². The van der Waals surface area contributed by atoms with Crippen LogP contribution in [0.3, 0.4) is 0 Å². The Labute approximate surface area is 139 Å². The minimum atomic E-state index is -0.642. The Hall–Kier alpha value is -2.31. The maximum atomic E-state index is 13.7. The molecule has 2 atom stereocenters. The van der Waals surface area contributed by atoms with Gasteiger partial charge in [0.2, 0.25) is 0 Å². The molecular weight excluding hydrogens is 314 g/mol. The molecule has 0 radical (unpaired) electrons. The zero-order valence-electron chi connectivity index (χ0n) is 13.7. The summed E-state index contributed by atoms with van der Waals surface area (Å²) in [6, 6.07) is 3.99. The Morgan fingerprint density at radius 2 is 1.83 bits per heavy atom. The number of nitrogens with zero attached hydrogens (tertiary/aromatic N) is 4. The Morgan fingerprint density at radius 1 is 1.21 bits per heavy atom. The molecule has 24 heavy (non-hydrogen) atoms. The molecule has 2 heterocycles. The summed E-state index contributed by atoms with van der Waals surface area (Å²) in [5.41, 5.74) is 0.105. The lowest BCUT2D eigenvalue weighted by atomic mass is 9.97. The minimum Gasteiger partial charge on any atom is -0.332 e.